The molecule has 0 heterocycles. The van der Waals surface area contributed by atoms with Crippen molar-refractivity contribution in [2.45, 2.75) is 13.0 Å². The molecule has 32 heavy (non-hydrogen) atoms. The van der Waals surface area contributed by atoms with Crippen molar-refractivity contribution in [1.82, 2.24) is 5.32 Å². The smallest absolute Gasteiger partial charge is 0.411 e. The van der Waals surface area contributed by atoms with Crippen molar-refractivity contribution in [2.75, 3.05) is 12.4 Å². The Morgan fingerprint density at radius 3 is 2.47 bits per heavy atom. The molecule has 1 amide bonds. The number of amides is 1. The molecule has 164 valence electrons. The van der Waals surface area contributed by atoms with Crippen molar-refractivity contribution in [3.05, 3.63) is 93.5 Å². The number of anilines is 1. The molecule has 0 aliphatic carbocycles. The summed E-state index contributed by atoms with van der Waals surface area (Å²) in [4.78, 5) is 28.2. The van der Waals surface area contributed by atoms with Gasteiger partial charge in [-0.3, -0.25) is 10.1 Å². The molecule has 0 spiro atoms. The highest BCUT2D eigenvalue weighted by atomic mass is 35.5. The Morgan fingerprint density at radius 1 is 1.00 bits per heavy atom. The molecular formula is C24H21Cl2N3O3. The SMILES string of the molecule is CN/C(Cc1ccc(Cl)c(Cl)c1)=N\c1ccc(NC(=O)OCc2ccccc2)cc1C=O. The number of carbonyl (C=O) groups is 2. The lowest BCUT2D eigenvalue weighted by Crippen LogP contribution is -2.20. The molecule has 0 aromatic heterocycles. The van der Waals surface area contributed by atoms with Gasteiger partial charge in [-0.2, -0.15) is 0 Å². The van der Waals surface area contributed by atoms with Crippen LogP contribution in [0.2, 0.25) is 10.0 Å². The summed E-state index contributed by atoms with van der Waals surface area (Å²) in [5.41, 5.74) is 3.02. The largest absolute Gasteiger partial charge is 0.444 e. The number of carbonyl (C=O) groups excluding carboxylic acids is 2. The monoisotopic (exact) mass is 469 g/mol. The van der Waals surface area contributed by atoms with Gasteiger partial charge in [-0.15, -0.1) is 0 Å². The predicted octanol–water partition coefficient (Wildman–Crippen LogP) is 6.05. The summed E-state index contributed by atoms with van der Waals surface area (Å²) in [7, 11) is 1.75. The number of rotatable bonds is 7. The Balaban J connectivity index is 1.69. The van der Waals surface area contributed by atoms with E-state index in [-0.39, 0.29) is 6.61 Å². The highest BCUT2D eigenvalue weighted by Crippen LogP contribution is 2.25. The predicted molar refractivity (Wildman–Crippen MR) is 128 cm³/mol. The molecule has 0 saturated heterocycles. The van der Waals surface area contributed by atoms with Gasteiger partial charge >= 0.3 is 6.09 Å². The van der Waals surface area contributed by atoms with E-state index in [1.165, 1.54) is 0 Å². The van der Waals surface area contributed by atoms with Crippen LogP contribution < -0.4 is 10.6 Å². The summed E-state index contributed by atoms with van der Waals surface area (Å²) in [5, 5.41) is 6.59. The Morgan fingerprint density at radius 2 is 1.78 bits per heavy atom. The second kappa shape index (κ2) is 11.3. The van der Waals surface area contributed by atoms with Crippen LogP contribution in [0.5, 0.6) is 0 Å². The fourth-order valence-electron chi connectivity index (χ4n) is 2.88. The molecule has 0 bridgehead atoms. The highest BCUT2D eigenvalue weighted by molar-refractivity contribution is 6.42. The Hall–Kier alpha value is -3.35. The van der Waals surface area contributed by atoms with Gasteiger partial charge < -0.3 is 10.1 Å². The lowest BCUT2D eigenvalue weighted by Gasteiger charge is -2.10. The summed E-state index contributed by atoms with van der Waals surface area (Å²) in [6.07, 6.45) is 0.543. The third-order valence-corrected chi connectivity index (χ3v) is 5.25. The van der Waals surface area contributed by atoms with E-state index in [1.807, 2.05) is 36.4 Å². The van der Waals surface area contributed by atoms with E-state index in [0.717, 1.165) is 11.1 Å². The number of aliphatic imine (C=N–C) groups is 1. The number of nitrogens with zero attached hydrogens (tertiary/aromatic N) is 1. The zero-order valence-electron chi connectivity index (χ0n) is 17.3. The van der Waals surface area contributed by atoms with Gasteiger partial charge in [-0.1, -0.05) is 59.6 Å². The fraction of sp³-hybridized carbons (Fsp3) is 0.125. The topological polar surface area (TPSA) is 79.8 Å². The number of benzene rings is 3. The van der Waals surface area contributed by atoms with Crippen LogP contribution in [-0.4, -0.2) is 25.3 Å². The van der Waals surface area contributed by atoms with Crippen molar-refractivity contribution in [1.29, 1.82) is 0 Å². The second-order valence-electron chi connectivity index (χ2n) is 6.81. The molecule has 3 aromatic rings. The molecule has 3 aromatic carbocycles. The Bertz CT molecular complexity index is 1130. The molecule has 0 aliphatic rings. The maximum Gasteiger partial charge on any atom is 0.411 e. The van der Waals surface area contributed by atoms with Gasteiger partial charge in [-0.25, -0.2) is 9.79 Å². The number of amidine groups is 1. The molecule has 0 unspecified atom stereocenters. The first kappa shape index (κ1) is 23.3. The summed E-state index contributed by atoms with van der Waals surface area (Å²) in [6, 6.07) is 19.6. The van der Waals surface area contributed by atoms with Gasteiger partial charge in [-0.05, 0) is 41.5 Å². The van der Waals surface area contributed by atoms with Gasteiger partial charge in [0.05, 0.1) is 15.7 Å². The van der Waals surface area contributed by atoms with Crippen LogP contribution >= 0.6 is 23.2 Å². The van der Waals surface area contributed by atoms with Crippen molar-refractivity contribution >= 4 is 52.8 Å². The van der Waals surface area contributed by atoms with Crippen LogP contribution in [0, 0.1) is 0 Å². The van der Waals surface area contributed by atoms with E-state index < -0.39 is 6.09 Å². The minimum Gasteiger partial charge on any atom is -0.444 e. The first-order valence-electron chi connectivity index (χ1n) is 9.74. The van der Waals surface area contributed by atoms with Crippen molar-refractivity contribution in [3.8, 4) is 0 Å². The van der Waals surface area contributed by atoms with Gasteiger partial charge in [0.15, 0.2) is 6.29 Å². The summed E-state index contributed by atoms with van der Waals surface area (Å²) in [5.74, 6) is 0.634. The maximum absolute atomic E-state index is 12.1. The van der Waals surface area contributed by atoms with Crippen LogP contribution in [0.3, 0.4) is 0 Å². The quantitative estimate of drug-likeness (QED) is 0.250. The summed E-state index contributed by atoms with van der Waals surface area (Å²) < 4.78 is 5.21. The number of halogens is 2. The van der Waals surface area contributed by atoms with Crippen LogP contribution in [0.1, 0.15) is 21.5 Å². The van der Waals surface area contributed by atoms with Crippen LogP contribution in [-0.2, 0) is 17.8 Å². The molecule has 6 nitrogen and oxygen atoms in total. The van der Waals surface area contributed by atoms with Gasteiger partial charge in [0, 0.05) is 24.7 Å². The molecule has 2 N–H and O–H groups in total. The standard InChI is InChI=1S/C24H21Cl2N3O3/c1-27-23(12-17-7-9-20(25)21(26)11-17)29-22-10-8-19(13-18(22)14-30)28-24(31)32-15-16-5-3-2-4-6-16/h2-11,13-14H,12,15H2,1H3,(H,27,29)(H,28,31). The molecule has 0 aliphatic heterocycles. The maximum atomic E-state index is 12.1. The van der Waals surface area contributed by atoms with Crippen molar-refractivity contribution in [2.24, 2.45) is 4.99 Å². The van der Waals surface area contributed by atoms with Crippen LogP contribution in [0.25, 0.3) is 0 Å². The highest BCUT2D eigenvalue weighted by Gasteiger charge is 2.09. The molecule has 0 fully saturated rings. The second-order valence-corrected chi connectivity index (χ2v) is 7.63. The van der Waals surface area contributed by atoms with Crippen molar-refractivity contribution < 1.29 is 14.3 Å². The minimum absolute atomic E-state index is 0.149. The lowest BCUT2D eigenvalue weighted by atomic mass is 10.1. The summed E-state index contributed by atoms with van der Waals surface area (Å²) >= 11 is 12.0. The third-order valence-electron chi connectivity index (χ3n) is 4.51. The van der Waals surface area contributed by atoms with Gasteiger partial charge in [0.25, 0.3) is 0 Å². The van der Waals surface area contributed by atoms with E-state index in [1.54, 1.807) is 37.4 Å². The van der Waals surface area contributed by atoms with Gasteiger partial charge in [0.1, 0.15) is 12.4 Å². The first-order chi connectivity index (χ1) is 15.5. The zero-order valence-corrected chi connectivity index (χ0v) is 18.8. The minimum atomic E-state index is -0.613. The number of hydrogen-bond acceptors (Lipinski definition) is 4. The number of nitrogens with one attached hydrogen (secondary N) is 2. The molecule has 8 heteroatoms. The van der Waals surface area contributed by atoms with E-state index in [0.29, 0.717) is 45.5 Å². The number of ether oxygens (including phenoxy) is 1. The summed E-state index contributed by atoms with van der Waals surface area (Å²) in [6.45, 7) is 0.149. The molecule has 0 saturated carbocycles. The average Bonchev–Trinajstić information content (AvgIpc) is 2.81. The van der Waals surface area contributed by atoms with E-state index >= 15 is 0 Å². The Kier molecular flexibility index (Phi) is 8.25. The van der Waals surface area contributed by atoms with Crippen molar-refractivity contribution in [3.63, 3.8) is 0 Å². The van der Waals surface area contributed by atoms with Crippen LogP contribution in [0.15, 0.2) is 71.7 Å². The normalized spacial score (nSPS) is 11.0. The Labute approximate surface area is 196 Å². The number of likely N-dealkylation sites (N-methyl/N-ethyl adjacent to an activating group) is 1. The number of aldehydes is 1. The lowest BCUT2D eigenvalue weighted by molar-refractivity contribution is 0.112. The fourth-order valence-corrected chi connectivity index (χ4v) is 3.20. The van der Waals surface area contributed by atoms with Crippen LogP contribution in [0.4, 0.5) is 16.2 Å². The molecule has 0 radical (unpaired) electrons. The van der Waals surface area contributed by atoms with Gasteiger partial charge in [0.2, 0.25) is 0 Å². The molecular weight excluding hydrogens is 449 g/mol. The van der Waals surface area contributed by atoms with E-state index in [2.05, 4.69) is 15.6 Å². The van der Waals surface area contributed by atoms with E-state index in [4.69, 9.17) is 27.9 Å². The van der Waals surface area contributed by atoms with E-state index in [9.17, 15) is 9.59 Å². The zero-order chi connectivity index (χ0) is 22.9. The third kappa shape index (κ3) is 6.57. The first-order valence-corrected chi connectivity index (χ1v) is 10.5. The number of hydrogen-bond donors (Lipinski definition) is 2. The average molecular weight is 470 g/mol. The molecule has 3 rings (SSSR count). The molecule has 0 atom stereocenters.